The molecule has 3 unspecified atom stereocenters. The molecule has 9 heteroatoms. The summed E-state index contributed by atoms with van der Waals surface area (Å²) in [6.45, 7) is 2.05. The maximum Gasteiger partial charge on any atom is 0.334 e. The number of hydrogen-bond donors (Lipinski definition) is 0. The molecule has 2 aromatic heterocycles. The van der Waals surface area contributed by atoms with E-state index < -0.39 is 22.9 Å². The van der Waals surface area contributed by atoms with Crippen molar-refractivity contribution < 1.29 is 18.7 Å². The number of fused-ring (bicyclic) bond motifs is 1. The van der Waals surface area contributed by atoms with E-state index in [1.54, 1.807) is 24.3 Å². The predicted octanol–water partition coefficient (Wildman–Crippen LogP) is 3.51. The Balaban J connectivity index is 1.75. The van der Waals surface area contributed by atoms with Gasteiger partial charge in [0.1, 0.15) is 5.76 Å². The molecule has 0 aliphatic carbocycles. The van der Waals surface area contributed by atoms with Crippen LogP contribution in [0.25, 0.3) is 0 Å². The zero-order chi connectivity index (χ0) is 20.1. The summed E-state index contributed by atoms with van der Waals surface area (Å²) < 4.78 is 11.2. The van der Waals surface area contributed by atoms with E-state index in [2.05, 4.69) is 5.16 Å². The molecule has 0 spiro atoms. The highest BCUT2D eigenvalue weighted by molar-refractivity contribution is 5.79. The molecular formula is C20H18N4O5. The zero-order valence-corrected chi connectivity index (χ0v) is 15.6. The predicted molar refractivity (Wildman–Crippen MR) is 99.4 cm³/mol. The lowest BCUT2D eigenvalue weighted by Crippen LogP contribution is -2.35. The lowest BCUT2D eigenvalue weighted by atomic mass is 9.84. The average molecular weight is 394 g/mol. The van der Waals surface area contributed by atoms with Crippen molar-refractivity contribution in [2.75, 3.05) is 6.54 Å². The molecule has 29 heavy (non-hydrogen) atoms. The molecule has 4 heterocycles. The number of nitrogens with zero attached hydrogens (tertiary/aromatic N) is 4. The summed E-state index contributed by atoms with van der Waals surface area (Å²) in [6.07, 6.45) is 1.94. The van der Waals surface area contributed by atoms with Crippen LogP contribution in [-0.4, -0.2) is 32.5 Å². The number of carbonyl (C=O) groups is 1. The Morgan fingerprint density at radius 2 is 1.97 bits per heavy atom. The number of nitro groups is 1. The number of amides is 1. The lowest BCUT2D eigenvalue weighted by molar-refractivity contribution is -0.386. The van der Waals surface area contributed by atoms with Gasteiger partial charge < -0.3 is 8.94 Å². The monoisotopic (exact) mass is 394 g/mol. The van der Waals surface area contributed by atoms with Gasteiger partial charge in [0.2, 0.25) is 11.7 Å². The van der Waals surface area contributed by atoms with Gasteiger partial charge in [0.25, 0.3) is 0 Å². The Morgan fingerprint density at radius 3 is 2.66 bits per heavy atom. The van der Waals surface area contributed by atoms with Gasteiger partial charge in [-0.05, 0) is 24.6 Å². The number of hydrazine groups is 1. The van der Waals surface area contributed by atoms with Crippen molar-refractivity contribution in [3.63, 3.8) is 0 Å². The smallest absolute Gasteiger partial charge is 0.334 e. The second kappa shape index (κ2) is 6.56. The van der Waals surface area contributed by atoms with Crippen LogP contribution < -0.4 is 0 Å². The van der Waals surface area contributed by atoms with Gasteiger partial charge in [-0.15, -0.1) is 0 Å². The van der Waals surface area contributed by atoms with Crippen molar-refractivity contribution in [2.24, 2.45) is 0 Å². The van der Waals surface area contributed by atoms with Crippen LogP contribution >= 0.6 is 0 Å². The maximum atomic E-state index is 12.8. The molecule has 0 bridgehead atoms. The van der Waals surface area contributed by atoms with Crippen molar-refractivity contribution in [3.05, 3.63) is 81.6 Å². The zero-order valence-electron chi connectivity index (χ0n) is 15.6. The fraction of sp³-hybridized carbons (Fsp3) is 0.300. The normalized spacial score (nSPS) is 24.2. The first-order valence-electron chi connectivity index (χ1n) is 9.35. The van der Waals surface area contributed by atoms with E-state index in [-0.39, 0.29) is 23.0 Å². The molecule has 0 radical (unpaired) electrons. The summed E-state index contributed by atoms with van der Waals surface area (Å²) >= 11 is 0. The van der Waals surface area contributed by atoms with E-state index in [0.717, 1.165) is 5.56 Å². The average Bonchev–Trinajstić information content (AvgIpc) is 3.47. The largest absolute Gasteiger partial charge is 0.468 e. The highest BCUT2D eigenvalue weighted by atomic mass is 16.6. The SMILES string of the molecule is Cc1noc(C2C(c3ccco3)N3CCC(=O)N3C2c2ccccc2)c1[N+](=O)[O-]. The van der Waals surface area contributed by atoms with Crippen molar-refractivity contribution in [1.82, 2.24) is 15.2 Å². The summed E-state index contributed by atoms with van der Waals surface area (Å²) in [5.74, 6) is 0.202. The third-order valence-electron chi connectivity index (χ3n) is 5.67. The van der Waals surface area contributed by atoms with Crippen LogP contribution in [0.1, 0.15) is 47.2 Å². The van der Waals surface area contributed by atoms with Gasteiger partial charge in [-0.2, -0.15) is 0 Å². The van der Waals surface area contributed by atoms with E-state index in [4.69, 9.17) is 8.94 Å². The van der Waals surface area contributed by atoms with Gasteiger partial charge in [-0.25, -0.2) is 5.01 Å². The molecule has 2 aliphatic rings. The van der Waals surface area contributed by atoms with Gasteiger partial charge in [0.15, 0.2) is 5.69 Å². The number of aromatic nitrogens is 1. The number of aryl methyl sites for hydroxylation is 1. The van der Waals surface area contributed by atoms with Crippen molar-refractivity contribution in [3.8, 4) is 0 Å². The maximum absolute atomic E-state index is 12.8. The van der Waals surface area contributed by atoms with Gasteiger partial charge in [0, 0.05) is 13.0 Å². The summed E-state index contributed by atoms with van der Waals surface area (Å²) in [7, 11) is 0. The van der Waals surface area contributed by atoms with Crippen LogP contribution in [0.4, 0.5) is 5.69 Å². The third kappa shape index (κ3) is 2.58. The van der Waals surface area contributed by atoms with Crippen LogP contribution in [-0.2, 0) is 4.79 Å². The first-order chi connectivity index (χ1) is 14.1. The topological polar surface area (TPSA) is 106 Å². The van der Waals surface area contributed by atoms with Gasteiger partial charge in [-0.3, -0.25) is 19.9 Å². The van der Waals surface area contributed by atoms with Crippen molar-refractivity contribution >= 4 is 11.6 Å². The van der Waals surface area contributed by atoms with E-state index in [1.165, 1.54) is 0 Å². The minimum Gasteiger partial charge on any atom is -0.468 e. The number of hydrogen-bond acceptors (Lipinski definition) is 7. The van der Waals surface area contributed by atoms with Crippen molar-refractivity contribution in [1.29, 1.82) is 0 Å². The highest BCUT2D eigenvalue weighted by Gasteiger charge is 2.58. The minimum atomic E-state index is -0.547. The number of furan rings is 1. The molecule has 0 saturated carbocycles. The molecule has 2 saturated heterocycles. The lowest BCUT2D eigenvalue weighted by Gasteiger charge is -2.27. The molecule has 1 aromatic carbocycles. The summed E-state index contributed by atoms with van der Waals surface area (Å²) in [5, 5.41) is 19.3. The van der Waals surface area contributed by atoms with Crippen LogP contribution in [0, 0.1) is 17.0 Å². The van der Waals surface area contributed by atoms with Crippen LogP contribution in [0.2, 0.25) is 0 Å². The molecule has 1 amide bonds. The second-order valence-electron chi connectivity index (χ2n) is 7.23. The summed E-state index contributed by atoms with van der Waals surface area (Å²) in [5.41, 5.74) is 0.931. The van der Waals surface area contributed by atoms with E-state index in [0.29, 0.717) is 18.7 Å². The fourth-order valence-corrected chi connectivity index (χ4v) is 4.57. The summed E-state index contributed by atoms with van der Waals surface area (Å²) in [6, 6.07) is 12.2. The minimum absolute atomic E-state index is 0.0307. The van der Waals surface area contributed by atoms with Gasteiger partial charge >= 0.3 is 5.69 Å². The highest BCUT2D eigenvalue weighted by Crippen LogP contribution is 2.57. The standard InChI is InChI=1S/C20H18N4O5/c1-12-17(24(26)27)20(29-21-12)16-18(13-6-3-2-4-7-13)23-15(25)9-10-22(23)19(16)14-8-5-11-28-14/h2-8,11,16,18-19H,9-10H2,1H3. The Kier molecular flexibility index (Phi) is 3.99. The molecule has 9 nitrogen and oxygen atoms in total. The molecule has 2 fully saturated rings. The van der Waals surface area contributed by atoms with Crippen molar-refractivity contribution in [2.45, 2.75) is 31.3 Å². The number of benzene rings is 1. The summed E-state index contributed by atoms with van der Waals surface area (Å²) in [4.78, 5) is 24.2. The molecule has 5 rings (SSSR count). The molecule has 3 atom stereocenters. The number of carbonyl (C=O) groups excluding carboxylic acids is 1. The Morgan fingerprint density at radius 1 is 1.17 bits per heavy atom. The Labute approximate surface area is 165 Å². The number of rotatable bonds is 4. The first-order valence-corrected chi connectivity index (χ1v) is 9.35. The van der Waals surface area contributed by atoms with Crippen LogP contribution in [0.5, 0.6) is 0 Å². The van der Waals surface area contributed by atoms with E-state index in [9.17, 15) is 14.9 Å². The molecule has 0 N–H and O–H groups in total. The molecule has 2 aliphatic heterocycles. The molecule has 3 aromatic rings. The van der Waals surface area contributed by atoms with Crippen LogP contribution in [0.15, 0.2) is 57.7 Å². The van der Waals surface area contributed by atoms with E-state index in [1.807, 2.05) is 41.4 Å². The Hall–Kier alpha value is -3.46. The fourth-order valence-electron chi connectivity index (χ4n) is 4.57. The third-order valence-corrected chi connectivity index (χ3v) is 5.67. The van der Waals surface area contributed by atoms with Gasteiger partial charge in [0.05, 0.1) is 29.2 Å². The quantitative estimate of drug-likeness (QED) is 0.492. The Bertz CT molecular complexity index is 1060. The molecule has 148 valence electrons. The van der Waals surface area contributed by atoms with Crippen LogP contribution in [0.3, 0.4) is 0 Å². The van der Waals surface area contributed by atoms with Gasteiger partial charge in [-0.1, -0.05) is 35.5 Å². The first kappa shape index (κ1) is 17.6. The van der Waals surface area contributed by atoms with E-state index >= 15 is 0 Å². The second-order valence-corrected chi connectivity index (χ2v) is 7.23. The molecular weight excluding hydrogens is 376 g/mol.